The summed E-state index contributed by atoms with van der Waals surface area (Å²) < 4.78 is 10.1. The average molecular weight is 249 g/mol. The van der Waals surface area contributed by atoms with Crippen molar-refractivity contribution in [3.8, 4) is 5.75 Å². The van der Waals surface area contributed by atoms with Crippen LogP contribution < -0.4 is 10.1 Å². The molecule has 0 aliphatic carbocycles. The summed E-state index contributed by atoms with van der Waals surface area (Å²) in [5, 5.41) is 3.20. The van der Waals surface area contributed by atoms with Gasteiger partial charge in [0.05, 0.1) is 19.4 Å². The fourth-order valence-electron chi connectivity index (χ4n) is 1.45. The molecule has 0 radical (unpaired) electrons. The molecule has 0 unspecified atom stereocenters. The summed E-state index contributed by atoms with van der Waals surface area (Å²) in [6, 6.07) is 7.70. The molecule has 0 saturated heterocycles. The molecule has 0 heterocycles. The molecule has 1 rings (SSSR count). The van der Waals surface area contributed by atoms with Gasteiger partial charge in [0.15, 0.2) is 0 Å². The normalized spacial score (nSPS) is 10.9. The average Bonchev–Trinajstić information content (AvgIpc) is 2.40. The predicted molar refractivity (Wildman–Crippen MR) is 71.9 cm³/mol. The lowest BCUT2D eigenvalue weighted by Gasteiger charge is -2.10. The molecule has 1 N–H and O–H groups in total. The van der Waals surface area contributed by atoms with Gasteiger partial charge in [-0.05, 0) is 26.0 Å². The largest absolute Gasteiger partial charge is 0.492 e. The van der Waals surface area contributed by atoms with Crippen LogP contribution in [-0.2, 0) is 9.53 Å². The minimum absolute atomic E-state index is 0.310. The SMILES string of the molecule is CCOc1ccccc1NC/C=C(/C)C(=O)OC. The molecule has 0 aliphatic rings. The van der Waals surface area contributed by atoms with Crippen molar-refractivity contribution in [2.75, 3.05) is 25.6 Å². The van der Waals surface area contributed by atoms with Crippen LogP contribution in [0.3, 0.4) is 0 Å². The van der Waals surface area contributed by atoms with Crippen LogP contribution in [0.15, 0.2) is 35.9 Å². The Labute approximate surface area is 108 Å². The summed E-state index contributed by atoms with van der Waals surface area (Å²) >= 11 is 0. The predicted octanol–water partition coefficient (Wildman–Crippen LogP) is 2.62. The van der Waals surface area contributed by atoms with E-state index in [0.29, 0.717) is 18.7 Å². The van der Waals surface area contributed by atoms with Crippen LogP contribution in [0.5, 0.6) is 5.75 Å². The Bertz CT molecular complexity index is 427. The smallest absolute Gasteiger partial charge is 0.333 e. The first kappa shape index (κ1) is 14.1. The van der Waals surface area contributed by atoms with Crippen molar-refractivity contribution in [2.45, 2.75) is 13.8 Å². The Kier molecular flexibility index (Phi) is 5.77. The van der Waals surface area contributed by atoms with Crippen LogP contribution >= 0.6 is 0 Å². The number of benzene rings is 1. The minimum atomic E-state index is -0.310. The quantitative estimate of drug-likeness (QED) is 0.622. The first-order chi connectivity index (χ1) is 8.69. The third kappa shape index (κ3) is 4.13. The molecule has 0 amide bonds. The van der Waals surface area contributed by atoms with Gasteiger partial charge in [0.2, 0.25) is 0 Å². The second-order valence-electron chi connectivity index (χ2n) is 3.69. The zero-order valence-electron chi connectivity index (χ0n) is 11.0. The van der Waals surface area contributed by atoms with Crippen molar-refractivity contribution in [3.05, 3.63) is 35.9 Å². The van der Waals surface area contributed by atoms with E-state index in [4.69, 9.17) is 4.74 Å². The summed E-state index contributed by atoms with van der Waals surface area (Å²) in [5.41, 5.74) is 1.49. The number of anilines is 1. The molecule has 0 atom stereocenters. The lowest BCUT2D eigenvalue weighted by atomic mass is 10.2. The van der Waals surface area contributed by atoms with Gasteiger partial charge in [0.1, 0.15) is 5.75 Å². The summed E-state index contributed by atoms with van der Waals surface area (Å²) in [7, 11) is 1.37. The molecule has 0 aromatic heterocycles. The molecule has 98 valence electrons. The molecule has 0 aliphatic heterocycles. The number of carbonyl (C=O) groups is 1. The van der Waals surface area contributed by atoms with E-state index in [0.717, 1.165) is 11.4 Å². The minimum Gasteiger partial charge on any atom is -0.492 e. The van der Waals surface area contributed by atoms with E-state index in [-0.39, 0.29) is 5.97 Å². The topological polar surface area (TPSA) is 47.6 Å². The standard InChI is InChI=1S/C14H19NO3/c1-4-18-13-8-6-5-7-12(13)15-10-9-11(2)14(16)17-3/h5-9,15H,4,10H2,1-3H3/b11-9-. The molecule has 18 heavy (non-hydrogen) atoms. The monoisotopic (exact) mass is 249 g/mol. The summed E-state index contributed by atoms with van der Waals surface area (Å²) in [6.07, 6.45) is 1.79. The van der Waals surface area contributed by atoms with E-state index in [1.165, 1.54) is 7.11 Å². The lowest BCUT2D eigenvalue weighted by molar-refractivity contribution is -0.136. The third-order valence-corrected chi connectivity index (χ3v) is 2.40. The van der Waals surface area contributed by atoms with Gasteiger partial charge in [-0.3, -0.25) is 0 Å². The molecule has 4 heteroatoms. The van der Waals surface area contributed by atoms with Gasteiger partial charge in [0.25, 0.3) is 0 Å². The van der Waals surface area contributed by atoms with Crippen LogP contribution in [0, 0.1) is 0 Å². The summed E-state index contributed by atoms with van der Waals surface area (Å²) in [6.45, 7) is 4.83. The van der Waals surface area contributed by atoms with Gasteiger partial charge in [-0.1, -0.05) is 18.2 Å². The molecule has 0 fully saturated rings. The number of esters is 1. The lowest BCUT2D eigenvalue weighted by Crippen LogP contribution is -2.06. The van der Waals surface area contributed by atoms with Crippen molar-refractivity contribution in [2.24, 2.45) is 0 Å². The highest BCUT2D eigenvalue weighted by molar-refractivity contribution is 5.87. The Balaban J connectivity index is 2.61. The molecule has 1 aromatic carbocycles. The zero-order valence-corrected chi connectivity index (χ0v) is 11.0. The molecule has 4 nitrogen and oxygen atoms in total. The number of nitrogens with one attached hydrogen (secondary N) is 1. The maximum absolute atomic E-state index is 11.2. The highest BCUT2D eigenvalue weighted by Crippen LogP contribution is 2.23. The van der Waals surface area contributed by atoms with E-state index >= 15 is 0 Å². The van der Waals surface area contributed by atoms with Crippen molar-refractivity contribution >= 4 is 11.7 Å². The van der Waals surface area contributed by atoms with Gasteiger partial charge in [-0.2, -0.15) is 0 Å². The summed E-state index contributed by atoms with van der Waals surface area (Å²) in [4.78, 5) is 11.2. The van der Waals surface area contributed by atoms with Crippen LogP contribution in [0.25, 0.3) is 0 Å². The highest BCUT2D eigenvalue weighted by atomic mass is 16.5. The number of para-hydroxylation sites is 2. The van der Waals surface area contributed by atoms with E-state index < -0.39 is 0 Å². The van der Waals surface area contributed by atoms with Gasteiger partial charge in [-0.25, -0.2) is 4.79 Å². The van der Waals surface area contributed by atoms with Gasteiger partial charge in [0, 0.05) is 12.1 Å². The Morgan fingerprint density at radius 1 is 1.39 bits per heavy atom. The van der Waals surface area contributed by atoms with Gasteiger partial charge in [-0.15, -0.1) is 0 Å². The first-order valence-corrected chi connectivity index (χ1v) is 5.89. The van der Waals surface area contributed by atoms with E-state index in [9.17, 15) is 4.79 Å². The Morgan fingerprint density at radius 2 is 2.11 bits per heavy atom. The van der Waals surface area contributed by atoms with Gasteiger partial charge >= 0.3 is 5.97 Å². The van der Waals surface area contributed by atoms with Crippen molar-refractivity contribution in [1.29, 1.82) is 0 Å². The third-order valence-electron chi connectivity index (χ3n) is 2.40. The fraction of sp³-hybridized carbons (Fsp3) is 0.357. The van der Waals surface area contributed by atoms with Crippen LogP contribution in [-0.4, -0.2) is 26.2 Å². The van der Waals surface area contributed by atoms with Crippen LogP contribution in [0.2, 0.25) is 0 Å². The maximum atomic E-state index is 11.2. The second kappa shape index (κ2) is 7.37. The molecule has 0 spiro atoms. The van der Waals surface area contributed by atoms with E-state index in [1.807, 2.05) is 31.2 Å². The van der Waals surface area contributed by atoms with Gasteiger partial charge < -0.3 is 14.8 Å². The van der Waals surface area contributed by atoms with Crippen molar-refractivity contribution in [3.63, 3.8) is 0 Å². The van der Waals surface area contributed by atoms with Crippen molar-refractivity contribution < 1.29 is 14.3 Å². The number of hydrogen-bond donors (Lipinski definition) is 1. The zero-order chi connectivity index (χ0) is 13.4. The summed E-state index contributed by atoms with van der Waals surface area (Å²) in [5.74, 6) is 0.499. The van der Waals surface area contributed by atoms with E-state index in [2.05, 4.69) is 10.1 Å². The number of ether oxygens (including phenoxy) is 2. The number of rotatable bonds is 6. The van der Waals surface area contributed by atoms with Crippen LogP contribution in [0.4, 0.5) is 5.69 Å². The number of methoxy groups -OCH3 is 1. The maximum Gasteiger partial charge on any atom is 0.333 e. The van der Waals surface area contributed by atoms with Crippen LogP contribution in [0.1, 0.15) is 13.8 Å². The Hall–Kier alpha value is -1.97. The molecule has 0 bridgehead atoms. The fourth-order valence-corrected chi connectivity index (χ4v) is 1.45. The number of hydrogen-bond acceptors (Lipinski definition) is 4. The molecular weight excluding hydrogens is 230 g/mol. The molecular formula is C14H19NO3. The Morgan fingerprint density at radius 3 is 2.78 bits per heavy atom. The molecule has 0 saturated carbocycles. The van der Waals surface area contributed by atoms with Crippen molar-refractivity contribution in [1.82, 2.24) is 0 Å². The number of carbonyl (C=O) groups excluding carboxylic acids is 1. The highest BCUT2D eigenvalue weighted by Gasteiger charge is 2.03. The van der Waals surface area contributed by atoms with E-state index in [1.54, 1.807) is 13.0 Å². The second-order valence-corrected chi connectivity index (χ2v) is 3.69. The molecule has 1 aromatic rings. The first-order valence-electron chi connectivity index (χ1n) is 5.89.